The van der Waals surface area contributed by atoms with Crippen LogP contribution in [-0.4, -0.2) is 34.4 Å². The average Bonchev–Trinajstić information content (AvgIpc) is 2.17. The summed E-state index contributed by atoms with van der Waals surface area (Å²) >= 11 is 11.4. The highest BCUT2D eigenvalue weighted by Crippen LogP contribution is 2.00. The van der Waals surface area contributed by atoms with Crippen LogP contribution < -0.4 is 10.6 Å². The average molecular weight is 264 g/mol. The molecule has 0 rings (SSSR count). The molecule has 0 radical (unpaired) electrons. The van der Waals surface area contributed by atoms with E-state index in [4.69, 9.17) is 24.4 Å². The standard InChI is InChI=1S/C9H16N2OS3/c1-7(13)10-5-3-8(12)11-6-4-9(14)15-2/h3-6H2,1-2H3,(H,10,13)(H,11,12). The molecule has 0 saturated carbocycles. The van der Waals surface area contributed by atoms with E-state index in [-0.39, 0.29) is 5.91 Å². The molecule has 0 aromatic carbocycles. The molecule has 0 aromatic heterocycles. The number of hydrogen-bond acceptors (Lipinski definition) is 4. The topological polar surface area (TPSA) is 41.1 Å². The Morgan fingerprint density at radius 1 is 1.20 bits per heavy atom. The molecule has 86 valence electrons. The van der Waals surface area contributed by atoms with Gasteiger partial charge >= 0.3 is 0 Å². The van der Waals surface area contributed by atoms with E-state index in [0.717, 1.165) is 10.6 Å². The van der Waals surface area contributed by atoms with Gasteiger partial charge in [-0.25, -0.2) is 0 Å². The third-order valence-corrected chi connectivity index (χ3v) is 3.11. The summed E-state index contributed by atoms with van der Waals surface area (Å²) in [7, 11) is 0. The molecule has 0 heterocycles. The van der Waals surface area contributed by atoms with Gasteiger partial charge in [-0.1, -0.05) is 24.4 Å². The predicted octanol–water partition coefficient (Wildman–Crippen LogP) is 1.51. The van der Waals surface area contributed by atoms with Crippen molar-refractivity contribution in [3.63, 3.8) is 0 Å². The van der Waals surface area contributed by atoms with Gasteiger partial charge in [0.1, 0.15) is 0 Å². The van der Waals surface area contributed by atoms with E-state index in [1.807, 2.05) is 6.26 Å². The second-order valence-electron chi connectivity index (χ2n) is 2.91. The maximum absolute atomic E-state index is 11.2. The van der Waals surface area contributed by atoms with Crippen LogP contribution in [0.2, 0.25) is 0 Å². The summed E-state index contributed by atoms with van der Waals surface area (Å²) in [4.78, 5) is 12.0. The SMILES string of the molecule is CSC(=S)CCNC(=O)CCNC(C)=S. The molecule has 2 N–H and O–H groups in total. The Hall–Kier alpha value is -0.200. The Morgan fingerprint density at radius 3 is 2.33 bits per heavy atom. The molecule has 0 fully saturated rings. The van der Waals surface area contributed by atoms with Crippen LogP contribution in [0.15, 0.2) is 0 Å². The minimum Gasteiger partial charge on any atom is -0.379 e. The third kappa shape index (κ3) is 10.1. The Labute approximate surface area is 106 Å². The fraction of sp³-hybridized carbons (Fsp3) is 0.667. The number of nitrogens with one attached hydrogen (secondary N) is 2. The molecule has 0 saturated heterocycles. The molecule has 1 amide bonds. The van der Waals surface area contributed by atoms with E-state index in [0.29, 0.717) is 24.5 Å². The number of thiocarbonyl (C=S) groups is 2. The van der Waals surface area contributed by atoms with Gasteiger partial charge in [-0.15, -0.1) is 11.8 Å². The van der Waals surface area contributed by atoms with Crippen molar-refractivity contribution in [1.29, 1.82) is 0 Å². The van der Waals surface area contributed by atoms with Gasteiger partial charge in [0.25, 0.3) is 0 Å². The van der Waals surface area contributed by atoms with E-state index >= 15 is 0 Å². The first-order chi connectivity index (χ1) is 7.06. The maximum atomic E-state index is 11.2. The second-order valence-corrected chi connectivity index (χ2v) is 5.17. The normalized spacial score (nSPS) is 9.47. The van der Waals surface area contributed by atoms with E-state index in [1.165, 1.54) is 0 Å². The van der Waals surface area contributed by atoms with E-state index in [9.17, 15) is 4.79 Å². The molecule has 0 spiro atoms. The molecule has 0 unspecified atom stereocenters. The molecular weight excluding hydrogens is 248 g/mol. The first kappa shape index (κ1) is 14.8. The molecule has 0 aliphatic heterocycles. The van der Waals surface area contributed by atoms with Gasteiger partial charge in [-0.2, -0.15) is 0 Å². The minimum absolute atomic E-state index is 0.0302. The Bertz CT molecular complexity index is 244. The quantitative estimate of drug-likeness (QED) is 0.712. The third-order valence-electron chi connectivity index (χ3n) is 1.60. The molecular formula is C9H16N2OS3. The lowest BCUT2D eigenvalue weighted by Crippen LogP contribution is -2.30. The molecule has 15 heavy (non-hydrogen) atoms. The van der Waals surface area contributed by atoms with Gasteiger partial charge in [0.05, 0.1) is 4.99 Å². The summed E-state index contributed by atoms with van der Waals surface area (Å²) in [5.41, 5.74) is 0. The summed E-state index contributed by atoms with van der Waals surface area (Å²) in [5.74, 6) is 0.0302. The molecule has 0 bridgehead atoms. The molecule has 0 aliphatic carbocycles. The van der Waals surface area contributed by atoms with Crippen LogP contribution in [0.25, 0.3) is 0 Å². The molecule has 0 aliphatic rings. The van der Waals surface area contributed by atoms with E-state index < -0.39 is 0 Å². The van der Waals surface area contributed by atoms with Gasteiger partial charge in [-0.3, -0.25) is 4.79 Å². The highest BCUT2D eigenvalue weighted by Gasteiger charge is 2.01. The van der Waals surface area contributed by atoms with Crippen LogP contribution in [0.1, 0.15) is 19.8 Å². The zero-order valence-corrected chi connectivity index (χ0v) is 11.4. The van der Waals surface area contributed by atoms with Crippen molar-refractivity contribution in [2.24, 2.45) is 0 Å². The van der Waals surface area contributed by atoms with Crippen LogP contribution >= 0.6 is 36.2 Å². The van der Waals surface area contributed by atoms with Crippen LogP contribution in [0.4, 0.5) is 0 Å². The van der Waals surface area contributed by atoms with Gasteiger partial charge < -0.3 is 10.6 Å². The van der Waals surface area contributed by atoms with Crippen molar-refractivity contribution in [2.45, 2.75) is 19.8 Å². The van der Waals surface area contributed by atoms with Gasteiger partial charge in [0.2, 0.25) is 5.91 Å². The summed E-state index contributed by atoms with van der Waals surface area (Å²) in [6, 6.07) is 0. The lowest BCUT2D eigenvalue weighted by Gasteiger charge is -2.05. The fourth-order valence-electron chi connectivity index (χ4n) is 0.846. The molecule has 0 aromatic rings. The second kappa shape index (κ2) is 9.06. The van der Waals surface area contributed by atoms with Crippen molar-refractivity contribution in [3.8, 4) is 0 Å². The maximum Gasteiger partial charge on any atom is 0.221 e. The van der Waals surface area contributed by atoms with Crippen LogP contribution in [0.3, 0.4) is 0 Å². The van der Waals surface area contributed by atoms with Crippen LogP contribution in [0, 0.1) is 0 Å². The molecule has 0 atom stereocenters. The summed E-state index contributed by atoms with van der Waals surface area (Å²) < 4.78 is 0.920. The van der Waals surface area contributed by atoms with Gasteiger partial charge in [0.15, 0.2) is 0 Å². The largest absolute Gasteiger partial charge is 0.379 e. The summed E-state index contributed by atoms with van der Waals surface area (Å²) in [6.45, 7) is 3.01. The van der Waals surface area contributed by atoms with E-state index in [1.54, 1.807) is 18.7 Å². The number of carbonyl (C=O) groups is 1. The van der Waals surface area contributed by atoms with Gasteiger partial charge in [0, 0.05) is 30.1 Å². The molecule has 6 heteroatoms. The van der Waals surface area contributed by atoms with Crippen LogP contribution in [0.5, 0.6) is 0 Å². The lowest BCUT2D eigenvalue weighted by molar-refractivity contribution is -0.120. The zero-order chi connectivity index (χ0) is 11.7. The Kier molecular flexibility index (Phi) is 8.94. The van der Waals surface area contributed by atoms with Crippen molar-refractivity contribution in [3.05, 3.63) is 0 Å². The number of hydrogen-bond donors (Lipinski definition) is 2. The lowest BCUT2D eigenvalue weighted by atomic mass is 10.3. The van der Waals surface area contributed by atoms with Crippen LogP contribution in [-0.2, 0) is 4.79 Å². The summed E-state index contributed by atoms with van der Waals surface area (Å²) in [6.07, 6.45) is 3.14. The number of carbonyl (C=O) groups excluding carboxylic acids is 1. The van der Waals surface area contributed by atoms with Crippen molar-refractivity contribution < 1.29 is 4.79 Å². The molecule has 3 nitrogen and oxygen atoms in total. The zero-order valence-electron chi connectivity index (χ0n) is 8.96. The van der Waals surface area contributed by atoms with E-state index in [2.05, 4.69) is 10.6 Å². The monoisotopic (exact) mass is 264 g/mol. The number of rotatable bonds is 6. The number of thioether (sulfide) groups is 1. The highest BCUT2D eigenvalue weighted by molar-refractivity contribution is 8.22. The van der Waals surface area contributed by atoms with Crippen molar-refractivity contribution in [1.82, 2.24) is 10.6 Å². The first-order valence-electron chi connectivity index (χ1n) is 4.64. The minimum atomic E-state index is 0.0302. The predicted molar refractivity (Wildman–Crippen MR) is 74.6 cm³/mol. The van der Waals surface area contributed by atoms with Gasteiger partial charge in [-0.05, 0) is 13.2 Å². The van der Waals surface area contributed by atoms with Crippen molar-refractivity contribution in [2.75, 3.05) is 19.3 Å². The number of amides is 1. The first-order valence-corrected chi connectivity index (χ1v) is 6.68. The Morgan fingerprint density at radius 2 is 1.80 bits per heavy atom. The summed E-state index contributed by atoms with van der Waals surface area (Å²) in [5, 5.41) is 5.73. The Balaban J connectivity index is 3.41. The fourth-order valence-corrected chi connectivity index (χ4v) is 1.36. The van der Waals surface area contributed by atoms with Crippen molar-refractivity contribution >= 4 is 51.3 Å². The smallest absolute Gasteiger partial charge is 0.221 e. The highest BCUT2D eigenvalue weighted by atomic mass is 32.2.